The molecule has 2 rings (SSSR count). The maximum Gasteiger partial charge on any atom is 0.327 e. The lowest BCUT2D eigenvalue weighted by atomic mass is 9.92. The van der Waals surface area contributed by atoms with E-state index in [0.717, 1.165) is 11.3 Å². The SMILES string of the molecule is CC(C)CC[C@@]1(C)NC(=O)N(CC(=O)O[C@@H](C)C(=O)Nc2ccc(Cl)cc2)C1=O. The summed E-state index contributed by atoms with van der Waals surface area (Å²) in [6.07, 6.45) is 0.120. The van der Waals surface area contributed by atoms with Gasteiger partial charge in [0.2, 0.25) is 0 Å². The topological polar surface area (TPSA) is 105 Å². The van der Waals surface area contributed by atoms with Crippen molar-refractivity contribution in [3.63, 3.8) is 0 Å². The van der Waals surface area contributed by atoms with Gasteiger partial charge in [0.15, 0.2) is 6.10 Å². The van der Waals surface area contributed by atoms with Gasteiger partial charge in [-0.3, -0.25) is 19.3 Å². The zero-order valence-electron chi connectivity index (χ0n) is 17.0. The number of esters is 1. The van der Waals surface area contributed by atoms with Gasteiger partial charge in [-0.25, -0.2) is 4.79 Å². The van der Waals surface area contributed by atoms with Gasteiger partial charge in [-0.1, -0.05) is 25.4 Å². The van der Waals surface area contributed by atoms with Crippen LogP contribution in [0.15, 0.2) is 24.3 Å². The number of urea groups is 1. The van der Waals surface area contributed by atoms with Gasteiger partial charge < -0.3 is 15.4 Å². The Bertz CT molecular complexity index is 796. The summed E-state index contributed by atoms with van der Waals surface area (Å²) in [4.78, 5) is 50.0. The predicted molar refractivity (Wildman–Crippen MR) is 108 cm³/mol. The van der Waals surface area contributed by atoms with Crippen molar-refractivity contribution >= 4 is 41.1 Å². The van der Waals surface area contributed by atoms with Gasteiger partial charge in [0.1, 0.15) is 12.1 Å². The van der Waals surface area contributed by atoms with E-state index in [1.165, 1.54) is 6.92 Å². The normalized spacial score (nSPS) is 19.9. The number of anilines is 1. The Balaban J connectivity index is 1.90. The average molecular weight is 424 g/mol. The predicted octanol–water partition coefficient (Wildman–Crippen LogP) is 2.96. The lowest BCUT2D eigenvalue weighted by molar-refractivity contribution is -0.155. The molecule has 1 heterocycles. The fourth-order valence-corrected chi connectivity index (χ4v) is 2.96. The summed E-state index contributed by atoms with van der Waals surface area (Å²) >= 11 is 5.79. The van der Waals surface area contributed by atoms with E-state index in [1.807, 2.05) is 13.8 Å². The van der Waals surface area contributed by atoms with Crippen molar-refractivity contribution in [2.24, 2.45) is 5.92 Å². The summed E-state index contributed by atoms with van der Waals surface area (Å²) in [5.41, 5.74) is -0.545. The molecule has 1 fully saturated rings. The number of nitrogens with zero attached hydrogens (tertiary/aromatic N) is 1. The van der Waals surface area contributed by atoms with Crippen molar-refractivity contribution in [3.8, 4) is 0 Å². The maximum absolute atomic E-state index is 12.6. The molecule has 0 aromatic heterocycles. The van der Waals surface area contributed by atoms with Crippen LogP contribution in [0.3, 0.4) is 0 Å². The van der Waals surface area contributed by atoms with E-state index >= 15 is 0 Å². The molecule has 1 aliphatic rings. The molecule has 0 spiro atoms. The number of halogens is 1. The molecule has 2 N–H and O–H groups in total. The molecule has 2 atom stereocenters. The number of hydrogen-bond acceptors (Lipinski definition) is 5. The second kappa shape index (κ2) is 9.26. The molecule has 1 saturated heterocycles. The smallest absolute Gasteiger partial charge is 0.327 e. The van der Waals surface area contributed by atoms with Crippen LogP contribution in [0.4, 0.5) is 10.5 Å². The van der Waals surface area contributed by atoms with Crippen LogP contribution >= 0.6 is 11.6 Å². The minimum Gasteiger partial charge on any atom is -0.451 e. The Hall–Kier alpha value is -2.61. The minimum absolute atomic E-state index is 0.371. The first-order chi connectivity index (χ1) is 13.5. The van der Waals surface area contributed by atoms with Gasteiger partial charge in [0, 0.05) is 10.7 Å². The summed E-state index contributed by atoms with van der Waals surface area (Å²) in [7, 11) is 0. The molecule has 1 aromatic carbocycles. The Morgan fingerprint density at radius 2 is 1.83 bits per heavy atom. The van der Waals surface area contributed by atoms with Crippen molar-refractivity contribution in [2.75, 3.05) is 11.9 Å². The highest BCUT2D eigenvalue weighted by atomic mass is 35.5. The monoisotopic (exact) mass is 423 g/mol. The molecule has 0 aliphatic carbocycles. The van der Waals surface area contributed by atoms with Crippen LogP contribution in [-0.4, -0.2) is 46.9 Å². The molecule has 9 heteroatoms. The summed E-state index contributed by atoms with van der Waals surface area (Å²) in [5, 5.41) is 5.76. The third-order valence-corrected chi connectivity index (χ3v) is 4.90. The number of ether oxygens (including phenoxy) is 1. The number of amides is 4. The molecule has 0 saturated carbocycles. The highest BCUT2D eigenvalue weighted by Gasteiger charge is 2.48. The van der Waals surface area contributed by atoms with Crippen LogP contribution in [0.2, 0.25) is 5.02 Å². The summed E-state index contributed by atoms with van der Waals surface area (Å²) in [6.45, 7) is 6.54. The fourth-order valence-electron chi connectivity index (χ4n) is 2.83. The number of carbonyl (C=O) groups excluding carboxylic acids is 4. The molecule has 0 bridgehead atoms. The number of hydrogen-bond donors (Lipinski definition) is 2. The first-order valence-electron chi connectivity index (χ1n) is 9.42. The number of carbonyl (C=O) groups is 4. The van der Waals surface area contributed by atoms with E-state index in [9.17, 15) is 19.2 Å². The molecule has 1 aromatic rings. The zero-order valence-corrected chi connectivity index (χ0v) is 17.7. The zero-order chi connectivity index (χ0) is 21.8. The van der Waals surface area contributed by atoms with Crippen LogP contribution in [0, 0.1) is 5.92 Å². The number of benzene rings is 1. The summed E-state index contributed by atoms with van der Waals surface area (Å²) in [5.74, 6) is -1.49. The van der Waals surface area contributed by atoms with Crippen LogP contribution in [0.25, 0.3) is 0 Å². The molecule has 158 valence electrons. The van der Waals surface area contributed by atoms with Gasteiger partial charge >= 0.3 is 12.0 Å². The fraction of sp³-hybridized carbons (Fsp3) is 0.500. The molecular formula is C20H26ClN3O5. The average Bonchev–Trinajstić information content (AvgIpc) is 2.85. The second-order valence-corrected chi connectivity index (χ2v) is 8.15. The van der Waals surface area contributed by atoms with Gasteiger partial charge in [0.05, 0.1) is 0 Å². The summed E-state index contributed by atoms with van der Waals surface area (Å²) in [6, 6.07) is 5.81. The molecule has 0 radical (unpaired) electrons. The quantitative estimate of drug-likeness (QED) is 0.494. The van der Waals surface area contributed by atoms with Crippen LogP contribution in [0.5, 0.6) is 0 Å². The Labute approximate surface area is 174 Å². The van der Waals surface area contributed by atoms with Gasteiger partial charge in [0.25, 0.3) is 11.8 Å². The Kier molecular flexibility index (Phi) is 7.24. The van der Waals surface area contributed by atoms with E-state index in [4.69, 9.17) is 16.3 Å². The third-order valence-electron chi connectivity index (χ3n) is 4.64. The number of nitrogens with one attached hydrogen (secondary N) is 2. The van der Waals surface area contributed by atoms with Crippen molar-refractivity contribution in [3.05, 3.63) is 29.3 Å². The first kappa shape index (κ1) is 22.7. The first-order valence-corrected chi connectivity index (χ1v) is 9.79. The van der Waals surface area contributed by atoms with Gasteiger partial charge in [-0.05, 0) is 56.9 Å². The van der Waals surface area contributed by atoms with Crippen LogP contribution in [0.1, 0.15) is 40.5 Å². The van der Waals surface area contributed by atoms with Crippen LogP contribution < -0.4 is 10.6 Å². The molecule has 1 aliphatic heterocycles. The molecule has 4 amide bonds. The highest BCUT2D eigenvalue weighted by Crippen LogP contribution is 2.24. The van der Waals surface area contributed by atoms with Gasteiger partial charge in [-0.2, -0.15) is 0 Å². The van der Waals surface area contributed by atoms with E-state index in [0.29, 0.717) is 23.0 Å². The van der Waals surface area contributed by atoms with Gasteiger partial charge in [-0.15, -0.1) is 0 Å². The Morgan fingerprint density at radius 3 is 2.41 bits per heavy atom. The minimum atomic E-state index is -1.11. The van der Waals surface area contributed by atoms with E-state index < -0.39 is 42.0 Å². The number of rotatable bonds is 8. The molecule has 29 heavy (non-hydrogen) atoms. The van der Waals surface area contributed by atoms with Crippen molar-refractivity contribution < 1.29 is 23.9 Å². The van der Waals surface area contributed by atoms with E-state index in [-0.39, 0.29) is 0 Å². The Morgan fingerprint density at radius 1 is 1.21 bits per heavy atom. The third kappa shape index (κ3) is 5.93. The highest BCUT2D eigenvalue weighted by molar-refractivity contribution is 6.30. The van der Waals surface area contributed by atoms with E-state index in [2.05, 4.69) is 10.6 Å². The van der Waals surface area contributed by atoms with E-state index in [1.54, 1.807) is 31.2 Å². The van der Waals surface area contributed by atoms with Crippen molar-refractivity contribution in [2.45, 2.75) is 52.2 Å². The summed E-state index contributed by atoms with van der Waals surface area (Å²) < 4.78 is 5.08. The lowest BCUT2D eigenvalue weighted by Crippen LogP contribution is -2.44. The van der Waals surface area contributed by atoms with Crippen molar-refractivity contribution in [1.82, 2.24) is 10.2 Å². The second-order valence-electron chi connectivity index (χ2n) is 7.71. The van der Waals surface area contributed by atoms with Crippen LogP contribution in [-0.2, 0) is 19.1 Å². The molecule has 8 nitrogen and oxygen atoms in total. The lowest BCUT2D eigenvalue weighted by Gasteiger charge is -2.22. The molecular weight excluding hydrogens is 398 g/mol. The largest absolute Gasteiger partial charge is 0.451 e. The maximum atomic E-state index is 12.6. The van der Waals surface area contributed by atoms with Crippen molar-refractivity contribution in [1.29, 1.82) is 0 Å². The standard InChI is InChI=1S/C20H26ClN3O5/c1-12(2)9-10-20(4)18(27)24(19(28)23-20)11-16(25)29-13(3)17(26)22-15-7-5-14(21)6-8-15/h5-8,12-13H,9-11H2,1-4H3,(H,22,26)(H,23,28)/t13-,20+/m0/s1. The number of imide groups is 1. The molecule has 0 unspecified atom stereocenters.